The quantitative estimate of drug-likeness (QED) is 0.304. The highest BCUT2D eigenvalue weighted by molar-refractivity contribution is 6.74. The molecular formula is C21H40N2O4Si2. The van der Waals surface area contributed by atoms with Gasteiger partial charge in [-0.25, -0.2) is 0 Å². The van der Waals surface area contributed by atoms with Crippen molar-refractivity contribution >= 4 is 22.3 Å². The van der Waals surface area contributed by atoms with Crippen molar-refractivity contribution in [1.29, 1.82) is 0 Å². The van der Waals surface area contributed by atoms with Crippen molar-refractivity contribution in [3.8, 4) is 0 Å². The van der Waals surface area contributed by atoms with Gasteiger partial charge in [-0.05, 0) is 54.0 Å². The van der Waals surface area contributed by atoms with Crippen molar-refractivity contribution in [1.82, 2.24) is 0 Å². The van der Waals surface area contributed by atoms with Crippen LogP contribution < -0.4 is 5.73 Å². The van der Waals surface area contributed by atoms with Crippen molar-refractivity contribution in [3.05, 3.63) is 39.9 Å². The molecule has 0 aliphatic rings. The first-order chi connectivity index (χ1) is 12.9. The maximum Gasteiger partial charge on any atom is 0.269 e. The molecule has 0 aliphatic heterocycles. The molecule has 0 heterocycles. The lowest BCUT2D eigenvalue weighted by molar-refractivity contribution is -0.384. The van der Waals surface area contributed by atoms with Gasteiger partial charge in [0, 0.05) is 12.1 Å². The predicted molar refractivity (Wildman–Crippen MR) is 125 cm³/mol. The minimum Gasteiger partial charge on any atom is -0.415 e. The number of non-ortho nitro benzene ring substituents is 1. The second-order valence-electron chi connectivity index (χ2n) is 10.9. The Bertz CT molecular complexity index is 692. The molecule has 0 aliphatic carbocycles. The summed E-state index contributed by atoms with van der Waals surface area (Å²) in [6, 6.07) is 6.17. The van der Waals surface area contributed by atoms with Crippen LogP contribution in [-0.4, -0.2) is 34.2 Å². The van der Waals surface area contributed by atoms with E-state index < -0.39 is 21.6 Å². The first kappa shape index (κ1) is 26.0. The Labute approximate surface area is 178 Å². The lowest BCUT2D eigenvalue weighted by Gasteiger charge is -2.42. The first-order valence-electron chi connectivity index (χ1n) is 10.2. The molecule has 8 heteroatoms. The molecule has 0 amide bonds. The van der Waals surface area contributed by atoms with E-state index in [1.54, 1.807) is 12.1 Å². The molecule has 2 N–H and O–H groups in total. The van der Waals surface area contributed by atoms with E-state index >= 15 is 0 Å². The lowest BCUT2D eigenvalue weighted by atomic mass is 10.0. The maximum atomic E-state index is 11.0. The van der Waals surface area contributed by atoms with Gasteiger partial charge in [0.1, 0.15) is 0 Å². The van der Waals surface area contributed by atoms with Crippen LogP contribution in [0, 0.1) is 10.1 Å². The highest BCUT2D eigenvalue weighted by Gasteiger charge is 2.42. The molecule has 1 aromatic rings. The Hall–Kier alpha value is -1.07. The average Bonchev–Trinajstić information content (AvgIpc) is 2.55. The zero-order valence-electron chi connectivity index (χ0n) is 19.8. The van der Waals surface area contributed by atoms with Gasteiger partial charge in [0.2, 0.25) is 0 Å². The Morgan fingerprint density at radius 1 is 0.966 bits per heavy atom. The Kier molecular flexibility index (Phi) is 8.03. The number of nitro benzene ring substituents is 1. The summed E-state index contributed by atoms with van der Waals surface area (Å²) in [6.45, 7) is 22.3. The molecule has 6 nitrogen and oxygen atoms in total. The Morgan fingerprint density at radius 3 is 1.79 bits per heavy atom. The third-order valence-corrected chi connectivity index (χ3v) is 15.4. The van der Waals surface area contributed by atoms with E-state index in [9.17, 15) is 10.1 Å². The lowest BCUT2D eigenvalue weighted by Crippen LogP contribution is -2.49. The third-order valence-electron chi connectivity index (χ3n) is 6.49. The topological polar surface area (TPSA) is 87.6 Å². The van der Waals surface area contributed by atoms with Crippen molar-refractivity contribution in [2.24, 2.45) is 5.73 Å². The van der Waals surface area contributed by atoms with Crippen LogP contribution in [0.3, 0.4) is 0 Å². The van der Waals surface area contributed by atoms with Gasteiger partial charge in [-0.3, -0.25) is 10.1 Å². The normalized spacial score (nSPS) is 15.8. The van der Waals surface area contributed by atoms with E-state index in [-0.39, 0.29) is 27.9 Å². The summed E-state index contributed by atoms with van der Waals surface area (Å²) in [4.78, 5) is 10.6. The molecule has 0 fully saturated rings. The zero-order valence-corrected chi connectivity index (χ0v) is 21.8. The fourth-order valence-electron chi connectivity index (χ4n) is 2.29. The molecule has 166 valence electrons. The number of rotatable bonds is 8. The van der Waals surface area contributed by atoms with E-state index in [0.29, 0.717) is 6.61 Å². The molecule has 1 rings (SSSR count). The molecule has 0 saturated heterocycles. The van der Waals surface area contributed by atoms with E-state index in [2.05, 4.69) is 67.7 Å². The summed E-state index contributed by atoms with van der Waals surface area (Å²) in [5, 5.41) is 11.1. The molecule has 0 radical (unpaired) electrons. The van der Waals surface area contributed by atoms with Crippen LogP contribution in [0.4, 0.5) is 5.69 Å². The van der Waals surface area contributed by atoms with Crippen LogP contribution >= 0.6 is 0 Å². The minimum absolute atomic E-state index is 0.0199. The fourth-order valence-corrected chi connectivity index (χ4v) is 4.63. The fraction of sp³-hybridized carbons (Fsp3) is 0.714. The van der Waals surface area contributed by atoms with Crippen LogP contribution in [0.2, 0.25) is 36.3 Å². The molecular weight excluding hydrogens is 400 g/mol. The molecule has 0 spiro atoms. The Balaban J connectivity index is 3.17. The van der Waals surface area contributed by atoms with Gasteiger partial charge < -0.3 is 14.6 Å². The van der Waals surface area contributed by atoms with E-state index in [1.165, 1.54) is 12.1 Å². The smallest absolute Gasteiger partial charge is 0.269 e. The third kappa shape index (κ3) is 6.72. The van der Waals surface area contributed by atoms with Gasteiger partial charge in [0.15, 0.2) is 16.6 Å². The zero-order chi connectivity index (χ0) is 22.8. The summed E-state index contributed by atoms with van der Waals surface area (Å²) in [5.74, 6) is 0. The molecule has 0 saturated carbocycles. The predicted octanol–water partition coefficient (Wildman–Crippen LogP) is 6.01. The summed E-state index contributed by atoms with van der Waals surface area (Å²) < 4.78 is 13.0. The summed E-state index contributed by atoms with van der Waals surface area (Å²) in [5.41, 5.74) is 7.52. The number of hydrogen-bond donors (Lipinski definition) is 1. The molecule has 1 aromatic carbocycles. The van der Waals surface area contributed by atoms with Crippen LogP contribution in [0.1, 0.15) is 53.2 Å². The molecule has 2 unspecified atom stereocenters. The van der Waals surface area contributed by atoms with Crippen molar-refractivity contribution in [2.45, 2.75) is 90.0 Å². The average molecular weight is 441 g/mol. The van der Waals surface area contributed by atoms with E-state index in [0.717, 1.165) is 5.56 Å². The van der Waals surface area contributed by atoms with E-state index in [1.807, 2.05) is 0 Å². The van der Waals surface area contributed by atoms with Crippen molar-refractivity contribution in [2.75, 3.05) is 6.61 Å². The standard InChI is InChI=1S/C21H40N2O4Si2/c1-20(2,3)28(7,8)26-15-18(22)19(27-29(9,10)21(4,5)6)16-11-13-17(14-12-16)23(24)25/h11-14,18-19H,15,22H2,1-10H3. The van der Waals surface area contributed by atoms with Crippen molar-refractivity contribution in [3.63, 3.8) is 0 Å². The second kappa shape index (κ2) is 8.97. The summed E-state index contributed by atoms with van der Waals surface area (Å²) in [6.07, 6.45) is -0.374. The van der Waals surface area contributed by atoms with Gasteiger partial charge in [0.25, 0.3) is 5.69 Å². The number of benzene rings is 1. The molecule has 0 aromatic heterocycles. The van der Waals surface area contributed by atoms with Crippen LogP contribution in [0.15, 0.2) is 24.3 Å². The van der Waals surface area contributed by atoms with Gasteiger partial charge in [-0.2, -0.15) is 0 Å². The highest BCUT2D eigenvalue weighted by Crippen LogP contribution is 2.41. The SMILES string of the molecule is CC(C)(C)[Si](C)(C)OCC(N)C(O[Si](C)(C)C(C)(C)C)c1ccc([N+](=O)[O-])cc1. The van der Waals surface area contributed by atoms with Crippen LogP contribution in [0.25, 0.3) is 0 Å². The summed E-state index contributed by atoms with van der Waals surface area (Å²) in [7, 11) is -4.07. The van der Waals surface area contributed by atoms with Crippen LogP contribution in [0.5, 0.6) is 0 Å². The number of nitrogens with zero attached hydrogens (tertiary/aromatic N) is 1. The first-order valence-corrected chi connectivity index (χ1v) is 16.0. The number of nitrogens with two attached hydrogens (primary N) is 1. The highest BCUT2D eigenvalue weighted by atomic mass is 28.4. The van der Waals surface area contributed by atoms with Gasteiger partial charge in [-0.1, -0.05) is 41.5 Å². The maximum absolute atomic E-state index is 11.0. The largest absolute Gasteiger partial charge is 0.415 e. The monoisotopic (exact) mass is 440 g/mol. The van der Waals surface area contributed by atoms with Gasteiger partial charge in [0.05, 0.1) is 23.7 Å². The van der Waals surface area contributed by atoms with Crippen molar-refractivity contribution < 1.29 is 13.8 Å². The van der Waals surface area contributed by atoms with Gasteiger partial charge in [-0.15, -0.1) is 0 Å². The minimum atomic E-state index is -2.12. The molecule has 2 atom stereocenters. The molecule has 0 bridgehead atoms. The van der Waals surface area contributed by atoms with Gasteiger partial charge >= 0.3 is 0 Å². The molecule has 29 heavy (non-hydrogen) atoms. The van der Waals surface area contributed by atoms with E-state index in [4.69, 9.17) is 14.6 Å². The Morgan fingerprint density at radius 2 is 1.41 bits per heavy atom. The summed E-state index contributed by atoms with van der Waals surface area (Å²) >= 11 is 0. The van der Waals surface area contributed by atoms with Crippen LogP contribution in [-0.2, 0) is 8.85 Å². The number of hydrogen-bond acceptors (Lipinski definition) is 5. The number of nitro groups is 1. The second-order valence-corrected chi connectivity index (χ2v) is 20.4.